The van der Waals surface area contributed by atoms with Crippen LogP contribution in [0.15, 0.2) is 53.0 Å². The van der Waals surface area contributed by atoms with E-state index < -0.39 is 0 Å². The van der Waals surface area contributed by atoms with Gasteiger partial charge in [0.1, 0.15) is 6.61 Å². The molecule has 2 aliphatic rings. The zero-order chi connectivity index (χ0) is 15.1. The average Bonchev–Trinajstić information content (AvgIpc) is 3.32. The second-order valence-electron chi connectivity index (χ2n) is 5.96. The van der Waals surface area contributed by atoms with Crippen LogP contribution in [0.3, 0.4) is 0 Å². The Hall–Kier alpha value is -1.81. The van der Waals surface area contributed by atoms with Crippen LogP contribution in [-0.4, -0.2) is 12.6 Å². The molecule has 1 heterocycles. The van der Waals surface area contributed by atoms with Crippen molar-refractivity contribution in [1.29, 1.82) is 0 Å². The first-order chi connectivity index (χ1) is 10.7. The van der Waals surface area contributed by atoms with Gasteiger partial charge in [-0.25, -0.2) is 4.79 Å². The molecule has 0 spiro atoms. The summed E-state index contributed by atoms with van der Waals surface area (Å²) in [5, 5.41) is 0. The van der Waals surface area contributed by atoms with Crippen LogP contribution in [0.5, 0.6) is 0 Å². The average molecular weight is 358 g/mol. The van der Waals surface area contributed by atoms with E-state index >= 15 is 0 Å². The molecule has 0 radical (unpaired) electrons. The predicted molar refractivity (Wildman–Crippen MR) is 89.0 cm³/mol. The van der Waals surface area contributed by atoms with E-state index in [1.807, 2.05) is 42.5 Å². The Kier molecular flexibility index (Phi) is 3.41. The lowest BCUT2D eigenvalue weighted by Crippen LogP contribution is -2.36. The molecule has 112 valence electrons. The molecule has 0 aromatic heterocycles. The first-order valence-corrected chi connectivity index (χ1v) is 8.29. The summed E-state index contributed by atoms with van der Waals surface area (Å²) in [5.74, 6) is 1.21. The van der Waals surface area contributed by atoms with Gasteiger partial charge in [-0.2, -0.15) is 0 Å². The van der Waals surface area contributed by atoms with Crippen LogP contribution in [0, 0.1) is 5.92 Å². The number of carbonyl (C=O) groups excluding carboxylic acids is 1. The highest BCUT2D eigenvalue weighted by Gasteiger charge is 2.46. The van der Waals surface area contributed by atoms with E-state index in [2.05, 4.69) is 22.0 Å². The lowest BCUT2D eigenvalue weighted by atomic mass is 10.0. The zero-order valence-electron chi connectivity index (χ0n) is 12.0. The fraction of sp³-hybridized carbons (Fsp3) is 0.278. The van der Waals surface area contributed by atoms with E-state index in [1.165, 1.54) is 12.0 Å². The van der Waals surface area contributed by atoms with Crippen LogP contribution in [0.4, 0.5) is 10.5 Å². The molecule has 1 fully saturated rings. The second kappa shape index (κ2) is 5.43. The number of amides is 1. The zero-order valence-corrected chi connectivity index (χ0v) is 13.6. The van der Waals surface area contributed by atoms with Gasteiger partial charge in [-0.1, -0.05) is 46.3 Å². The van der Waals surface area contributed by atoms with Gasteiger partial charge in [-0.05, 0) is 47.6 Å². The maximum atomic E-state index is 12.5. The molecule has 4 rings (SSSR count). The molecule has 1 aliphatic heterocycles. The van der Waals surface area contributed by atoms with Gasteiger partial charge in [0.25, 0.3) is 0 Å². The standard InChI is InChI=1S/C18H16BrNO2/c19-14-6-7-17-16(9-14)15-8-13(15)10-20(17)18(21)22-11-12-4-2-1-3-5-12/h1-7,9,13,15H,8,10-11H2. The molecule has 1 aliphatic carbocycles. The van der Waals surface area contributed by atoms with Crippen molar-refractivity contribution in [3.63, 3.8) is 0 Å². The van der Waals surface area contributed by atoms with Crippen molar-refractivity contribution in [2.45, 2.75) is 18.9 Å². The molecular weight excluding hydrogens is 342 g/mol. The number of carbonyl (C=O) groups is 1. The first kappa shape index (κ1) is 13.8. The lowest BCUT2D eigenvalue weighted by Gasteiger charge is -2.28. The lowest BCUT2D eigenvalue weighted by molar-refractivity contribution is 0.146. The number of ether oxygens (including phenoxy) is 1. The molecule has 1 saturated carbocycles. The van der Waals surface area contributed by atoms with Crippen LogP contribution in [-0.2, 0) is 11.3 Å². The second-order valence-corrected chi connectivity index (χ2v) is 6.87. The summed E-state index contributed by atoms with van der Waals surface area (Å²) < 4.78 is 6.56. The summed E-state index contributed by atoms with van der Waals surface area (Å²) in [6, 6.07) is 15.9. The van der Waals surface area contributed by atoms with Crippen LogP contribution < -0.4 is 4.90 Å². The Morgan fingerprint density at radius 2 is 2.05 bits per heavy atom. The number of benzene rings is 2. The summed E-state index contributed by atoms with van der Waals surface area (Å²) >= 11 is 3.52. The molecular formula is C18H16BrNO2. The third-order valence-electron chi connectivity index (χ3n) is 4.45. The molecule has 2 aromatic carbocycles. The fourth-order valence-corrected chi connectivity index (χ4v) is 3.58. The van der Waals surface area contributed by atoms with Crippen molar-refractivity contribution < 1.29 is 9.53 Å². The summed E-state index contributed by atoms with van der Waals surface area (Å²) in [7, 11) is 0. The van der Waals surface area contributed by atoms with Crippen LogP contribution in [0.2, 0.25) is 0 Å². The molecule has 2 atom stereocenters. The number of rotatable bonds is 2. The van der Waals surface area contributed by atoms with Gasteiger partial charge in [0.2, 0.25) is 0 Å². The van der Waals surface area contributed by atoms with Gasteiger partial charge in [0.15, 0.2) is 0 Å². The molecule has 2 aromatic rings. The Labute approximate surface area is 138 Å². The number of halogens is 1. The molecule has 1 amide bonds. The van der Waals surface area contributed by atoms with E-state index in [4.69, 9.17) is 4.74 Å². The third kappa shape index (κ3) is 2.52. The summed E-state index contributed by atoms with van der Waals surface area (Å²) in [4.78, 5) is 14.3. The number of anilines is 1. The van der Waals surface area contributed by atoms with Crippen molar-refractivity contribution in [3.05, 3.63) is 64.1 Å². The van der Waals surface area contributed by atoms with Gasteiger partial charge in [-0.15, -0.1) is 0 Å². The normalized spacial score (nSPS) is 21.8. The number of hydrogen-bond donors (Lipinski definition) is 0. The molecule has 0 N–H and O–H groups in total. The van der Waals surface area contributed by atoms with Gasteiger partial charge >= 0.3 is 6.09 Å². The number of hydrogen-bond acceptors (Lipinski definition) is 2. The topological polar surface area (TPSA) is 29.5 Å². The largest absolute Gasteiger partial charge is 0.444 e. The SMILES string of the molecule is O=C(OCc1ccccc1)N1CC2CC2c2cc(Br)ccc21. The van der Waals surface area contributed by atoms with E-state index in [0.717, 1.165) is 22.3 Å². The van der Waals surface area contributed by atoms with Crippen LogP contribution >= 0.6 is 15.9 Å². The van der Waals surface area contributed by atoms with Gasteiger partial charge < -0.3 is 4.74 Å². The van der Waals surface area contributed by atoms with Crippen molar-refractivity contribution in [2.75, 3.05) is 11.4 Å². The highest BCUT2D eigenvalue weighted by atomic mass is 79.9. The molecule has 0 saturated heterocycles. The third-order valence-corrected chi connectivity index (χ3v) is 4.94. The molecule has 2 unspecified atom stereocenters. The molecule has 0 bridgehead atoms. The monoisotopic (exact) mass is 357 g/mol. The van der Waals surface area contributed by atoms with E-state index in [0.29, 0.717) is 18.4 Å². The van der Waals surface area contributed by atoms with Crippen molar-refractivity contribution in [1.82, 2.24) is 0 Å². The van der Waals surface area contributed by atoms with Crippen molar-refractivity contribution in [3.8, 4) is 0 Å². The molecule has 3 nitrogen and oxygen atoms in total. The Bertz CT molecular complexity index is 716. The maximum Gasteiger partial charge on any atom is 0.414 e. The maximum absolute atomic E-state index is 12.5. The quantitative estimate of drug-likeness (QED) is 0.778. The van der Waals surface area contributed by atoms with E-state index in [-0.39, 0.29) is 6.09 Å². The van der Waals surface area contributed by atoms with Gasteiger partial charge in [0, 0.05) is 11.0 Å². The van der Waals surface area contributed by atoms with Gasteiger partial charge in [0.05, 0.1) is 5.69 Å². The molecule has 22 heavy (non-hydrogen) atoms. The van der Waals surface area contributed by atoms with E-state index in [1.54, 1.807) is 4.90 Å². The highest BCUT2D eigenvalue weighted by molar-refractivity contribution is 9.10. The Morgan fingerprint density at radius 1 is 1.23 bits per heavy atom. The Morgan fingerprint density at radius 3 is 2.86 bits per heavy atom. The summed E-state index contributed by atoms with van der Waals surface area (Å²) in [6.07, 6.45) is 0.920. The summed E-state index contributed by atoms with van der Waals surface area (Å²) in [6.45, 7) is 1.09. The highest BCUT2D eigenvalue weighted by Crippen LogP contribution is 2.55. The number of fused-ring (bicyclic) bond motifs is 3. The summed E-state index contributed by atoms with van der Waals surface area (Å²) in [5.41, 5.74) is 3.27. The van der Waals surface area contributed by atoms with E-state index in [9.17, 15) is 4.79 Å². The minimum absolute atomic E-state index is 0.252. The smallest absolute Gasteiger partial charge is 0.414 e. The minimum Gasteiger partial charge on any atom is -0.444 e. The van der Waals surface area contributed by atoms with Gasteiger partial charge in [-0.3, -0.25) is 4.90 Å². The van der Waals surface area contributed by atoms with Crippen LogP contribution in [0.25, 0.3) is 0 Å². The van der Waals surface area contributed by atoms with Crippen molar-refractivity contribution in [2.24, 2.45) is 5.92 Å². The Balaban J connectivity index is 1.52. The fourth-order valence-electron chi connectivity index (χ4n) is 3.20. The van der Waals surface area contributed by atoms with Crippen LogP contribution in [0.1, 0.15) is 23.5 Å². The van der Waals surface area contributed by atoms with Crippen molar-refractivity contribution >= 4 is 27.7 Å². The first-order valence-electron chi connectivity index (χ1n) is 7.50. The number of nitrogens with zero attached hydrogens (tertiary/aromatic N) is 1. The molecule has 4 heteroatoms. The minimum atomic E-state index is -0.252. The predicted octanol–water partition coefficient (Wildman–Crippen LogP) is 4.71.